The van der Waals surface area contributed by atoms with Crippen LogP contribution in [0.4, 0.5) is 0 Å². The van der Waals surface area contributed by atoms with E-state index in [-0.39, 0.29) is 10.6 Å². The van der Waals surface area contributed by atoms with Gasteiger partial charge in [0.05, 0.1) is 16.8 Å². The summed E-state index contributed by atoms with van der Waals surface area (Å²) in [7, 11) is -4.01. The van der Waals surface area contributed by atoms with Crippen molar-refractivity contribution in [2.75, 3.05) is 0 Å². The molecular weight excluding hydrogens is 438 g/mol. The number of carboxylic acid groups (broad SMARTS) is 1. The molecule has 2 aromatic heterocycles. The SMILES string of the molecule is CC(C)[C@H](NS(=O)(=O)c1ccc2c(c1)sc1cc(-n3cc(C#N)nn3)ccc12)C(=O)O. The predicted molar refractivity (Wildman–Crippen MR) is 116 cm³/mol. The van der Waals surface area contributed by atoms with Crippen molar-refractivity contribution in [1.29, 1.82) is 5.26 Å². The highest BCUT2D eigenvalue weighted by molar-refractivity contribution is 7.89. The standard InChI is InChI=1S/C20H17N5O4S2/c1-11(2)19(20(26)27)23-31(28,29)14-4-6-16-15-5-3-13(7-17(15)30-18(16)8-14)25-10-12(9-21)22-24-25/h3-8,10-11,19,23H,1-2H3,(H,26,27)/t19-/m0/s1. The Bertz CT molecular complexity index is 1460. The number of benzene rings is 2. The molecule has 4 rings (SSSR count). The van der Waals surface area contributed by atoms with Crippen molar-refractivity contribution < 1.29 is 18.3 Å². The summed E-state index contributed by atoms with van der Waals surface area (Å²) in [5.41, 5.74) is 0.934. The number of nitriles is 1. The molecular formula is C20H17N5O4S2. The third-order valence-electron chi connectivity index (χ3n) is 4.83. The van der Waals surface area contributed by atoms with E-state index in [9.17, 15) is 18.3 Å². The molecule has 0 aliphatic carbocycles. The van der Waals surface area contributed by atoms with Crippen molar-refractivity contribution in [2.24, 2.45) is 5.92 Å². The molecule has 1 atom stereocenters. The number of carboxylic acids is 1. The third kappa shape index (κ3) is 3.88. The van der Waals surface area contributed by atoms with Gasteiger partial charge in [-0.25, -0.2) is 13.1 Å². The Labute approximate surface area is 181 Å². The maximum atomic E-state index is 12.8. The van der Waals surface area contributed by atoms with Crippen LogP contribution in [0.25, 0.3) is 25.9 Å². The normalized spacial score (nSPS) is 13.0. The van der Waals surface area contributed by atoms with Gasteiger partial charge in [-0.3, -0.25) is 4.79 Å². The first kappa shape index (κ1) is 20.9. The van der Waals surface area contributed by atoms with Crippen molar-refractivity contribution in [2.45, 2.75) is 24.8 Å². The lowest BCUT2D eigenvalue weighted by molar-refractivity contribution is -0.140. The molecule has 4 aromatic rings. The first-order valence-corrected chi connectivity index (χ1v) is 11.5. The molecule has 0 radical (unpaired) electrons. The van der Waals surface area contributed by atoms with Crippen LogP contribution in [-0.4, -0.2) is 40.5 Å². The van der Waals surface area contributed by atoms with Gasteiger partial charge >= 0.3 is 5.97 Å². The van der Waals surface area contributed by atoms with E-state index >= 15 is 0 Å². The average Bonchev–Trinajstić information content (AvgIpc) is 3.35. The zero-order valence-electron chi connectivity index (χ0n) is 16.5. The fourth-order valence-corrected chi connectivity index (χ4v) is 5.82. The molecule has 0 saturated carbocycles. The van der Waals surface area contributed by atoms with Gasteiger partial charge in [0.15, 0.2) is 5.69 Å². The summed E-state index contributed by atoms with van der Waals surface area (Å²) in [4.78, 5) is 11.4. The highest BCUT2D eigenvalue weighted by atomic mass is 32.2. The molecule has 2 heterocycles. The molecule has 0 aliphatic heterocycles. The van der Waals surface area contributed by atoms with Crippen LogP contribution in [0, 0.1) is 17.2 Å². The number of aromatic nitrogens is 3. The number of thiophene rings is 1. The van der Waals surface area contributed by atoms with Crippen LogP contribution in [0.5, 0.6) is 0 Å². The molecule has 158 valence electrons. The van der Waals surface area contributed by atoms with Gasteiger partial charge in [0.2, 0.25) is 10.0 Å². The number of fused-ring (bicyclic) bond motifs is 3. The monoisotopic (exact) mass is 455 g/mol. The largest absolute Gasteiger partial charge is 0.480 e. The van der Waals surface area contributed by atoms with E-state index in [0.717, 1.165) is 25.9 Å². The summed E-state index contributed by atoms with van der Waals surface area (Å²) in [6.45, 7) is 3.28. The Morgan fingerprint density at radius 2 is 1.87 bits per heavy atom. The van der Waals surface area contributed by atoms with Crippen molar-refractivity contribution in [3.8, 4) is 11.8 Å². The summed E-state index contributed by atoms with van der Waals surface area (Å²) in [5.74, 6) is -1.63. The Hall–Kier alpha value is -3.33. The summed E-state index contributed by atoms with van der Waals surface area (Å²) in [6, 6.07) is 11.1. The zero-order valence-corrected chi connectivity index (χ0v) is 18.1. The highest BCUT2D eigenvalue weighted by Gasteiger charge is 2.28. The van der Waals surface area contributed by atoms with Gasteiger partial charge in [-0.1, -0.05) is 31.2 Å². The number of nitrogens with zero attached hydrogens (tertiary/aromatic N) is 4. The fraction of sp³-hybridized carbons (Fsp3) is 0.200. The maximum absolute atomic E-state index is 12.8. The van der Waals surface area contributed by atoms with Crippen LogP contribution in [0.15, 0.2) is 47.5 Å². The van der Waals surface area contributed by atoms with Crippen molar-refractivity contribution >= 4 is 47.5 Å². The van der Waals surface area contributed by atoms with Crippen molar-refractivity contribution in [3.05, 3.63) is 48.3 Å². The molecule has 0 aliphatic rings. The lowest BCUT2D eigenvalue weighted by Gasteiger charge is -2.18. The maximum Gasteiger partial charge on any atom is 0.322 e. The second kappa shape index (κ2) is 7.73. The molecule has 0 amide bonds. The third-order valence-corrected chi connectivity index (χ3v) is 7.38. The first-order valence-electron chi connectivity index (χ1n) is 9.24. The average molecular weight is 456 g/mol. The molecule has 31 heavy (non-hydrogen) atoms. The zero-order chi connectivity index (χ0) is 22.3. The summed E-state index contributed by atoms with van der Waals surface area (Å²) >= 11 is 1.41. The minimum atomic E-state index is -4.01. The Balaban J connectivity index is 1.74. The van der Waals surface area contributed by atoms with Crippen LogP contribution >= 0.6 is 11.3 Å². The molecule has 2 aromatic carbocycles. The van der Waals surface area contributed by atoms with Gasteiger partial charge in [-0.2, -0.15) is 9.98 Å². The molecule has 0 unspecified atom stereocenters. The van der Waals surface area contributed by atoms with Gasteiger partial charge < -0.3 is 5.11 Å². The lowest BCUT2D eigenvalue weighted by atomic mass is 10.1. The van der Waals surface area contributed by atoms with E-state index in [1.807, 2.05) is 24.3 Å². The highest BCUT2D eigenvalue weighted by Crippen LogP contribution is 2.36. The number of rotatable bonds is 6. The Kier molecular flexibility index (Phi) is 5.22. The Morgan fingerprint density at radius 3 is 2.48 bits per heavy atom. The quantitative estimate of drug-likeness (QED) is 0.456. The molecule has 0 spiro atoms. The number of aliphatic carboxylic acids is 1. The minimum absolute atomic E-state index is 0.00798. The van der Waals surface area contributed by atoms with E-state index in [4.69, 9.17) is 5.26 Å². The molecule has 11 heteroatoms. The summed E-state index contributed by atoms with van der Waals surface area (Å²) in [6.07, 6.45) is 1.53. The van der Waals surface area contributed by atoms with Crippen LogP contribution in [0.2, 0.25) is 0 Å². The van der Waals surface area contributed by atoms with Gasteiger partial charge in [0.1, 0.15) is 12.1 Å². The van der Waals surface area contributed by atoms with E-state index in [1.54, 1.807) is 26.0 Å². The topological polar surface area (TPSA) is 138 Å². The number of hydrogen-bond donors (Lipinski definition) is 2. The van der Waals surface area contributed by atoms with Crippen LogP contribution in [-0.2, 0) is 14.8 Å². The molecule has 0 saturated heterocycles. The van der Waals surface area contributed by atoms with Crippen LogP contribution < -0.4 is 4.72 Å². The fourth-order valence-electron chi connectivity index (χ4n) is 3.20. The number of hydrogen-bond acceptors (Lipinski definition) is 7. The Morgan fingerprint density at radius 1 is 1.19 bits per heavy atom. The van der Waals surface area contributed by atoms with E-state index in [0.29, 0.717) is 0 Å². The number of sulfonamides is 1. The molecule has 2 N–H and O–H groups in total. The van der Waals surface area contributed by atoms with E-state index in [2.05, 4.69) is 15.0 Å². The van der Waals surface area contributed by atoms with Gasteiger partial charge in [-0.15, -0.1) is 16.4 Å². The number of nitrogens with one attached hydrogen (secondary N) is 1. The van der Waals surface area contributed by atoms with E-state index in [1.165, 1.54) is 28.3 Å². The predicted octanol–water partition coefficient (Wildman–Crippen LogP) is 2.89. The number of carbonyl (C=O) groups is 1. The first-order chi connectivity index (χ1) is 14.7. The minimum Gasteiger partial charge on any atom is -0.480 e. The second-order valence-corrected chi connectivity index (χ2v) is 10.1. The van der Waals surface area contributed by atoms with Crippen molar-refractivity contribution in [3.63, 3.8) is 0 Å². The van der Waals surface area contributed by atoms with Crippen molar-refractivity contribution in [1.82, 2.24) is 19.7 Å². The second-order valence-electron chi connectivity index (χ2n) is 7.28. The van der Waals surface area contributed by atoms with Gasteiger partial charge in [0.25, 0.3) is 0 Å². The van der Waals surface area contributed by atoms with Crippen LogP contribution in [0.1, 0.15) is 19.5 Å². The molecule has 9 nitrogen and oxygen atoms in total. The molecule has 0 bridgehead atoms. The van der Waals surface area contributed by atoms with E-state index < -0.39 is 28.0 Å². The smallest absolute Gasteiger partial charge is 0.322 e. The lowest BCUT2D eigenvalue weighted by Crippen LogP contribution is -2.44. The summed E-state index contributed by atoms with van der Waals surface area (Å²) < 4.78 is 31.0. The van der Waals surface area contributed by atoms with Crippen LogP contribution in [0.3, 0.4) is 0 Å². The molecule has 0 fully saturated rings. The van der Waals surface area contributed by atoms with Gasteiger partial charge in [-0.05, 0) is 30.2 Å². The summed E-state index contributed by atoms with van der Waals surface area (Å²) in [5, 5.41) is 27.8. The van der Waals surface area contributed by atoms with Gasteiger partial charge in [0, 0.05) is 20.2 Å².